The first-order chi connectivity index (χ1) is 27.3. The van der Waals surface area contributed by atoms with Gasteiger partial charge in [0.1, 0.15) is 0 Å². The van der Waals surface area contributed by atoms with Crippen molar-refractivity contribution < 1.29 is 0 Å². The van der Waals surface area contributed by atoms with E-state index in [2.05, 4.69) is 205 Å². The van der Waals surface area contributed by atoms with Gasteiger partial charge in [-0.05, 0) is 90.3 Å². The molecule has 10 aromatic rings. The molecule has 9 aromatic carbocycles. The quantitative estimate of drug-likeness (QED) is 0.161. The van der Waals surface area contributed by atoms with Crippen LogP contribution in [-0.4, -0.2) is 4.57 Å². The molecule has 3 aliphatic rings. The Bertz CT molecular complexity index is 3170. The van der Waals surface area contributed by atoms with Crippen LogP contribution in [0.25, 0.3) is 60.5 Å². The molecule has 254 valence electrons. The Balaban J connectivity index is 1.23. The summed E-state index contributed by atoms with van der Waals surface area (Å²) in [5.74, 6) is 0. The van der Waals surface area contributed by atoms with E-state index >= 15 is 0 Å². The number of rotatable bonds is 1. The van der Waals surface area contributed by atoms with Crippen molar-refractivity contribution in [3.63, 3.8) is 0 Å². The molecule has 1 heterocycles. The van der Waals surface area contributed by atoms with Crippen molar-refractivity contribution in [3.05, 3.63) is 245 Å². The topological polar surface area (TPSA) is 4.93 Å². The predicted octanol–water partition coefficient (Wildman–Crippen LogP) is 13.0. The summed E-state index contributed by atoms with van der Waals surface area (Å²) in [5, 5.41) is 5.12. The summed E-state index contributed by atoms with van der Waals surface area (Å²) in [4.78, 5) is 0. The molecule has 0 unspecified atom stereocenters. The fourth-order valence-corrected chi connectivity index (χ4v) is 11.4. The van der Waals surface area contributed by atoms with Gasteiger partial charge in [0.25, 0.3) is 0 Å². The molecule has 0 aliphatic heterocycles. The van der Waals surface area contributed by atoms with Crippen LogP contribution >= 0.6 is 0 Å². The molecule has 0 saturated heterocycles. The maximum Gasteiger partial charge on any atom is 0.0720 e. The van der Waals surface area contributed by atoms with E-state index < -0.39 is 10.8 Å². The van der Waals surface area contributed by atoms with Gasteiger partial charge in [0.15, 0.2) is 0 Å². The highest BCUT2D eigenvalue weighted by molar-refractivity contribution is 6.24. The molecule has 0 fully saturated rings. The average molecular weight is 696 g/mol. The number of hydrogen-bond acceptors (Lipinski definition) is 0. The summed E-state index contributed by atoms with van der Waals surface area (Å²) >= 11 is 0. The minimum absolute atomic E-state index is 0.449. The monoisotopic (exact) mass is 695 g/mol. The van der Waals surface area contributed by atoms with Crippen molar-refractivity contribution in [2.45, 2.75) is 10.8 Å². The van der Waals surface area contributed by atoms with E-state index in [1.165, 1.54) is 105 Å². The lowest BCUT2D eigenvalue weighted by molar-refractivity contribution is 0.633. The van der Waals surface area contributed by atoms with Gasteiger partial charge in [-0.1, -0.05) is 182 Å². The second-order valence-electron chi connectivity index (χ2n) is 15.5. The van der Waals surface area contributed by atoms with E-state index in [4.69, 9.17) is 0 Å². The smallest absolute Gasteiger partial charge is 0.0720 e. The van der Waals surface area contributed by atoms with E-state index in [1.807, 2.05) is 0 Å². The fourth-order valence-electron chi connectivity index (χ4n) is 11.4. The molecule has 1 heteroatoms. The van der Waals surface area contributed by atoms with Crippen molar-refractivity contribution in [1.82, 2.24) is 4.57 Å². The fraction of sp³-hybridized carbons (Fsp3) is 0.0370. The van der Waals surface area contributed by atoms with Crippen LogP contribution in [0.1, 0.15) is 44.5 Å². The van der Waals surface area contributed by atoms with Crippen molar-refractivity contribution in [2.75, 3.05) is 0 Å². The molecule has 0 N–H and O–H groups in total. The molecule has 1 nitrogen and oxygen atoms in total. The standard InChI is InChI=1S/C54H33N/c1-2-17-35(18-3-1)55-49-33-32-48-50(51(49)40-31-30-34-16-4-5-19-36(34)52(40)55)39-22-8-11-25-43(39)54(48)46-28-14-12-26-44(46)53(45-27-13-15-29-47(45)54)41-23-9-6-20-37(41)38-21-7-10-24-42(38)53/h1-33H. The van der Waals surface area contributed by atoms with Gasteiger partial charge in [-0.2, -0.15) is 0 Å². The molecule has 0 atom stereocenters. The van der Waals surface area contributed by atoms with E-state index in [1.54, 1.807) is 0 Å². The molecule has 55 heavy (non-hydrogen) atoms. The van der Waals surface area contributed by atoms with Gasteiger partial charge in [0.2, 0.25) is 0 Å². The van der Waals surface area contributed by atoms with E-state index in [0.717, 1.165) is 0 Å². The molecular weight excluding hydrogens is 663 g/mol. The highest BCUT2D eigenvalue weighted by atomic mass is 15.0. The number of para-hydroxylation sites is 1. The van der Waals surface area contributed by atoms with E-state index in [9.17, 15) is 0 Å². The third-order valence-corrected chi connectivity index (χ3v) is 13.3. The van der Waals surface area contributed by atoms with Gasteiger partial charge in [0.05, 0.1) is 21.9 Å². The Morgan fingerprint density at radius 2 is 0.782 bits per heavy atom. The first kappa shape index (κ1) is 29.5. The van der Waals surface area contributed by atoms with E-state index in [0.29, 0.717) is 0 Å². The Kier molecular flexibility index (Phi) is 5.56. The SMILES string of the molecule is c1ccc(-n2c3ccc4c(c3c3ccc5ccccc5c32)-c2ccccc2C42c3ccccc3C3(c4ccccc4-c4ccccc43)c3ccccc32)cc1. The van der Waals surface area contributed by atoms with Crippen molar-refractivity contribution in [1.29, 1.82) is 0 Å². The minimum atomic E-state index is -0.525. The number of hydrogen-bond donors (Lipinski definition) is 0. The highest BCUT2D eigenvalue weighted by Gasteiger charge is 2.59. The molecule has 1 aromatic heterocycles. The third-order valence-electron chi connectivity index (χ3n) is 13.3. The largest absolute Gasteiger partial charge is 0.309 e. The predicted molar refractivity (Wildman–Crippen MR) is 226 cm³/mol. The van der Waals surface area contributed by atoms with Crippen LogP contribution < -0.4 is 0 Å². The Morgan fingerprint density at radius 3 is 1.40 bits per heavy atom. The second kappa shape index (κ2) is 10.4. The molecule has 3 aliphatic carbocycles. The number of fused-ring (bicyclic) bond motifs is 22. The van der Waals surface area contributed by atoms with Crippen molar-refractivity contribution in [3.8, 4) is 27.9 Å². The minimum Gasteiger partial charge on any atom is -0.309 e. The maximum atomic E-state index is 2.50. The maximum absolute atomic E-state index is 2.50. The van der Waals surface area contributed by atoms with Gasteiger partial charge >= 0.3 is 0 Å². The summed E-state index contributed by atoms with van der Waals surface area (Å²) in [6.07, 6.45) is 0. The third kappa shape index (κ3) is 3.34. The summed E-state index contributed by atoms with van der Waals surface area (Å²) in [5.41, 5.74) is 18.9. The average Bonchev–Trinajstić information content (AvgIpc) is 3.87. The van der Waals surface area contributed by atoms with Crippen molar-refractivity contribution >= 4 is 32.6 Å². The van der Waals surface area contributed by atoms with Crippen LogP contribution in [-0.2, 0) is 10.8 Å². The normalized spacial score (nSPS) is 14.8. The second-order valence-corrected chi connectivity index (χ2v) is 15.5. The molecule has 0 saturated carbocycles. The number of benzene rings is 9. The summed E-state index contributed by atoms with van der Waals surface area (Å²) in [6.45, 7) is 0. The molecule has 0 radical (unpaired) electrons. The highest BCUT2D eigenvalue weighted by Crippen LogP contribution is 2.68. The van der Waals surface area contributed by atoms with E-state index in [-0.39, 0.29) is 0 Å². The van der Waals surface area contributed by atoms with Crippen molar-refractivity contribution in [2.24, 2.45) is 0 Å². The summed E-state index contributed by atoms with van der Waals surface area (Å²) < 4.78 is 2.50. The van der Waals surface area contributed by atoms with Crippen LogP contribution in [0.15, 0.2) is 200 Å². The van der Waals surface area contributed by atoms with Crippen LogP contribution in [0, 0.1) is 0 Å². The summed E-state index contributed by atoms with van der Waals surface area (Å²) in [6, 6.07) is 75.6. The van der Waals surface area contributed by atoms with Crippen LogP contribution in [0.4, 0.5) is 0 Å². The first-order valence-electron chi connectivity index (χ1n) is 19.4. The summed E-state index contributed by atoms with van der Waals surface area (Å²) in [7, 11) is 0. The lowest BCUT2D eigenvalue weighted by atomic mass is 9.52. The van der Waals surface area contributed by atoms with Gasteiger partial charge < -0.3 is 4.57 Å². The number of aromatic nitrogens is 1. The van der Waals surface area contributed by atoms with Gasteiger partial charge in [-0.25, -0.2) is 0 Å². The zero-order valence-electron chi connectivity index (χ0n) is 30.0. The Morgan fingerprint density at radius 1 is 0.309 bits per heavy atom. The molecule has 0 amide bonds. The Labute approximate surface area is 319 Å². The Hall–Kier alpha value is -6.96. The zero-order chi connectivity index (χ0) is 35.9. The first-order valence-corrected chi connectivity index (χ1v) is 19.4. The number of nitrogens with zero attached hydrogens (tertiary/aromatic N) is 1. The van der Waals surface area contributed by atoms with Gasteiger partial charge in [-0.15, -0.1) is 0 Å². The van der Waals surface area contributed by atoms with Crippen LogP contribution in [0.5, 0.6) is 0 Å². The van der Waals surface area contributed by atoms with Crippen LogP contribution in [0.2, 0.25) is 0 Å². The van der Waals surface area contributed by atoms with Gasteiger partial charge in [0, 0.05) is 21.8 Å². The lowest BCUT2D eigenvalue weighted by Gasteiger charge is -2.48. The van der Waals surface area contributed by atoms with Gasteiger partial charge in [-0.3, -0.25) is 0 Å². The molecular formula is C54H33N. The zero-order valence-corrected chi connectivity index (χ0v) is 30.0. The molecule has 0 bridgehead atoms. The lowest BCUT2D eigenvalue weighted by Crippen LogP contribution is -2.43. The van der Waals surface area contributed by atoms with Crippen LogP contribution in [0.3, 0.4) is 0 Å². The molecule has 13 rings (SSSR count). The molecule has 2 spiro atoms.